The molecule has 1 atom stereocenters. The first-order chi connectivity index (χ1) is 8.57. The van der Waals surface area contributed by atoms with Gasteiger partial charge in [-0.05, 0) is 18.8 Å². The van der Waals surface area contributed by atoms with Crippen molar-refractivity contribution in [3.8, 4) is 0 Å². The minimum absolute atomic E-state index is 0.0727. The first-order valence-corrected chi connectivity index (χ1v) is 5.89. The fraction of sp³-hybridized carbons (Fsp3) is 0.667. The van der Waals surface area contributed by atoms with Crippen molar-refractivity contribution < 1.29 is 24.2 Å². The molecule has 1 aliphatic rings. The van der Waals surface area contributed by atoms with E-state index in [1.807, 2.05) is 0 Å². The second kappa shape index (κ2) is 7.00. The van der Waals surface area contributed by atoms with E-state index in [0.717, 1.165) is 4.90 Å². The molecule has 0 aromatic carbocycles. The Labute approximate surface area is 106 Å². The molecule has 102 valence electrons. The van der Waals surface area contributed by atoms with Crippen LogP contribution in [0.4, 0.5) is 4.79 Å². The van der Waals surface area contributed by atoms with Crippen LogP contribution in [0.1, 0.15) is 12.8 Å². The van der Waals surface area contributed by atoms with Crippen LogP contribution in [-0.2, 0) is 14.3 Å². The van der Waals surface area contributed by atoms with Crippen LogP contribution < -0.4 is 0 Å². The van der Waals surface area contributed by atoms with Crippen molar-refractivity contribution in [2.45, 2.75) is 18.9 Å². The molecule has 1 saturated heterocycles. The summed E-state index contributed by atoms with van der Waals surface area (Å²) >= 11 is 0. The Kier molecular flexibility index (Phi) is 5.64. The Morgan fingerprint density at radius 2 is 2.17 bits per heavy atom. The van der Waals surface area contributed by atoms with E-state index in [0.29, 0.717) is 26.1 Å². The molecule has 1 fully saturated rings. The summed E-state index contributed by atoms with van der Waals surface area (Å²) in [5, 5.41) is 9.26. The van der Waals surface area contributed by atoms with E-state index in [1.54, 1.807) is 0 Å². The molecule has 0 aromatic rings. The van der Waals surface area contributed by atoms with Gasteiger partial charge in [0.05, 0.1) is 0 Å². The molecule has 1 rings (SSSR count). The predicted molar refractivity (Wildman–Crippen MR) is 64.3 cm³/mol. The van der Waals surface area contributed by atoms with Crippen LogP contribution in [0.25, 0.3) is 0 Å². The van der Waals surface area contributed by atoms with Crippen LogP contribution in [-0.4, -0.2) is 55.0 Å². The molecule has 0 aromatic heterocycles. The van der Waals surface area contributed by atoms with Crippen LogP contribution in [0.5, 0.6) is 0 Å². The maximum absolute atomic E-state index is 11.7. The molecule has 1 heterocycles. The standard InChI is InChI=1S/C12H19NO5/c1-3-6-18-12(16)13(2)10(11(14)15)9-4-7-17-8-5-9/h3,9-10H,1,4-8H2,2H3,(H,14,15). The van der Waals surface area contributed by atoms with Gasteiger partial charge in [-0.15, -0.1) is 0 Å². The molecule has 1 amide bonds. The zero-order valence-corrected chi connectivity index (χ0v) is 10.5. The molecule has 6 nitrogen and oxygen atoms in total. The summed E-state index contributed by atoms with van der Waals surface area (Å²) in [5.74, 6) is -1.11. The lowest BCUT2D eigenvalue weighted by molar-refractivity contribution is -0.145. The molecule has 1 N–H and O–H groups in total. The average Bonchev–Trinajstić information content (AvgIpc) is 2.36. The molecule has 0 bridgehead atoms. The second-order valence-corrected chi connectivity index (χ2v) is 4.21. The smallest absolute Gasteiger partial charge is 0.410 e. The van der Waals surface area contributed by atoms with Gasteiger partial charge in [-0.1, -0.05) is 12.7 Å². The number of carbonyl (C=O) groups is 2. The summed E-state index contributed by atoms with van der Waals surface area (Å²) in [5.41, 5.74) is 0. The van der Waals surface area contributed by atoms with Crippen molar-refractivity contribution in [1.82, 2.24) is 4.90 Å². The summed E-state index contributed by atoms with van der Waals surface area (Å²) < 4.78 is 10.0. The number of amides is 1. The zero-order chi connectivity index (χ0) is 13.5. The van der Waals surface area contributed by atoms with Gasteiger partial charge in [-0.2, -0.15) is 0 Å². The van der Waals surface area contributed by atoms with Crippen molar-refractivity contribution in [1.29, 1.82) is 0 Å². The fourth-order valence-corrected chi connectivity index (χ4v) is 2.06. The molecule has 1 unspecified atom stereocenters. The number of hydrogen-bond donors (Lipinski definition) is 1. The highest BCUT2D eigenvalue weighted by Crippen LogP contribution is 2.23. The summed E-state index contributed by atoms with van der Waals surface area (Å²) in [4.78, 5) is 24.1. The van der Waals surface area contributed by atoms with E-state index in [-0.39, 0.29) is 12.5 Å². The second-order valence-electron chi connectivity index (χ2n) is 4.21. The Hall–Kier alpha value is -1.56. The zero-order valence-electron chi connectivity index (χ0n) is 10.5. The number of aliphatic carboxylic acids is 1. The normalized spacial score (nSPS) is 17.8. The van der Waals surface area contributed by atoms with Crippen LogP contribution in [0.2, 0.25) is 0 Å². The first kappa shape index (κ1) is 14.5. The Morgan fingerprint density at radius 3 is 2.67 bits per heavy atom. The minimum Gasteiger partial charge on any atom is -0.480 e. The highest BCUT2D eigenvalue weighted by Gasteiger charge is 2.35. The number of likely N-dealkylation sites (N-methyl/N-ethyl adjacent to an activating group) is 1. The quantitative estimate of drug-likeness (QED) is 0.747. The van der Waals surface area contributed by atoms with Gasteiger partial charge in [0, 0.05) is 20.3 Å². The van der Waals surface area contributed by atoms with Crippen molar-refractivity contribution in [3.63, 3.8) is 0 Å². The summed E-state index contributed by atoms with van der Waals surface area (Å²) in [6.45, 7) is 4.57. The molecule has 0 radical (unpaired) electrons. The lowest BCUT2D eigenvalue weighted by Gasteiger charge is -2.33. The SMILES string of the molecule is C=CCOC(=O)N(C)C(C(=O)O)C1CCOCC1. The van der Waals surface area contributed by atoms with E-state index in [2.05, 4.69) is 6.58 Å². The van der Waals surface area contributed by atoms with E-state index in [4.69, 9.17) is 9.47 Å². The number of nitrogens with zero attached hydrogens (tertiary/aromatic N) is 1. The van der Waals surface area contributed by atoms with E-state index in [1.165, 1.54) is 13.1 Å². The summed E-state index contributed by atoms with van der Waals surface area (Å²) in [6, 6.07) is -0.869. The summed E-state index contributed by atoms with van der Waals surface area (Å²) in [7, 11) is 1.44. The number of rotatable bonds is 5. The molecule has 6 heteroatoms. The number of carboxylic acids is 1. The van der Waals surface area contributed by atoms with Crippen molar-refractivity contribution in [2.75, 3.05) is 26.9 Å². The van der Waals surface area contributed by atoms with E-state index < -0.39 is 18.1 Å². The minimum atomic E-state index is -1.01. The van der Waals surface area contributed by atoms with Crippen LogP contribution in [0, 0.1) is 5.92 Å². The van der Waals surface area contributed by atoms with Gasteiger partial charge in [0.25, 0.3) is 0 Å². The van der Waals surface area contributed by atoms with E-state index in [9.17, 15) is 14.7 Å². The van der Waals surface area contributed by atoms with Crippen LogP contribution in [0.3, 0.4) is 0 Å². The van der Waals surface area contributed by atoms with Gasteiger partial charge in [0.1, 0.15) is 12.6 Å². The third-order valence-electron chi connectivity index (χ3n) is 3.00. The molecular formula is C12H19NO5. The van der Waals surface area contributed by atoms with Crippen molar-refractivity contribution in [3.05, 3.63) is 12.7 Å². The number of carboxylic acid groups (broad SMARTS) is 1. The van der Waals surface area contributed by atoms with Crippen LogP contribution in [0.15, 0.2) is 12.7 Å². The van der Waals surface area contributed by atoms with Gasteiger partial charge < -0.3 is 14.6 Å². The maximum Gasteiger partial charge on any atom is 0.410 e. The van der Waals surface area contributed by atoms with Gasteiger partial charge in [-0.25, -0.2) is 9.59 Å². The number of ether oxygens (including phenoxy) is 2. The largest absolute Gasteiger partial charge is 0.480 e. The van der Waals surface area contributed by atoms with Crippen molar-refractivity contribution in [2.24, 2.45) is 5.92 Å². The highest BCUT2D eigenvalue weighted by atomic mass is 16.6. The highest BCUT2D eigenvalue weighted by molar-refractivity contribution is 5.80. The predicted octanol–water partition coefficient (Wildman–Crippen LogP) is 1.12. The fourth-order valence-electron chi connectivity index (χ4n) is 2.06. The molecule has 0 spiro atoms. The van der Waals surface area contributed by atoms with Crippen molar-refractivity contribution >= 4 is 12.1 Å². The van der Waals surface area contributed by atoms with Gasteiger partial charge in [0.15, 0.2) is 0 Å². The monoisotopic (exact) mass is 257 g/mol. The van der Waals surface area contributed by atoms with Gasteiger partial charge in [0.2, 0.25) is 0 Å². The Balaban J connectivity index is 2.67. The molecular weight excluding hydrogens is 238 g/mol. The average molecular weight is 257 g/mol. The Morgan fingerprint density at radius 1 is 1.56 bits per heavy atom. The lowest BCUT2D eigenvalue weighted by Crippen LogP contribution is -2.48. The van der Waals surface area contributed by atoms with Crippen LogP contribution >= 0.6 is 0 Å². The van der Waals surface area contributed by atoms with E-state index >= 15 is 0 Å². The topological polar surface area (TPSA) is 76.1 Å². The number of hydrogen-bond acceptors (Lipinski definition) is 4. The maximum atomic E-state index is 11.7. The Bertz CT molecular complexity index is 312. The first-order valence-electron chi connectivity index (χ1n) is 5.89. The van der Waals surface area contributed by atoms with Gasteiger partial charge >= 0.3 is 12.1 Å². The third kappa shape index (κ3) is 3.73. The molecule has 18 heavy (non-hydrogen) atoms. The molecule has 1 aliphatic heterocycles. The molecule has 0 saturated carbocycles. The summed E-state index contributed by atoms with van der Waals surface area (Å²) in [6.07, 6.45) is 2.07. The van der Waals surface area contributed by atoms with Gasteiger partial charge in [-0.3, -0.25) is 4.90 Å². The number of carbonyl (C=O) groups excluding carboxylic acids is 1. The third-order valence-corrected chi connectivity index (χ3v) is 3.00. The molecule has 0 aliphatic carbocycles. The lowest BCUT2D eigenvalue weighted by atomic mass is 9.91.